The highest BCUT2D eigenvalue weighted by molar-refractivity contribution is 6.34. The summed E-state index contributed by atoms with van der Waals surface area (Å²) in [5, 5.41) is 3.13. The zero-order valence-electron chi connectivity index (χ0n) is 14.4. The number of carbonyl (C=O) groups is 2. The normalized spacial score (nSPS) is 10.7. The van der Waals surface area contributed by atoms with Crippen molar-refractivity contribution in [2.24, 2.45) is 0 Å². The lowest BCUT2D eigenvalue weighted by Crippen LogP contribution is -2.20. The van der Waals surface area contributed by atoms with Gasteiger partial charge in [-0.2, -0.15) is 0 Å². The molecule has 0 spiro atoms. The lowest BCUT2D eigenvalue weighted by Gasteiger charge is -2.11. The third-order valence-corrected chi connectivity index (χ3v) is 3.79. The van der Waals surface area contributed by atoms with E-state index in [2.05, 4.69) is 5.32 Å². The van der Waals surface area contributed by atoms with Crippen LogP contribution in [0, 0.1) is 20.8 Å². The van der Waals surface area contributed by atoms with E-state index in [4.69, 9.17) is 16.3 Å². The highest BCUT2D eigenvalue weighted by Crippen LogP contribution is 2.27. The van der Waals surface area contributed by atoms with Crippen molar-refractivity contribution in [3.05, 3.63) is 69.8 Å². The van der Waals surface area contributed by atoms with Gasteiger partial charge in [0.2, 0.25) is 0 Å². The van der Waals surface area contributed by atoms with Crippen molar-refractivity contribution in [3.63, 3.8) is 0 Å². The van der Waals surface area contributed by atoms with Gasteiger partial charge in [-0.05, 0) is 49.6 Å². The first kappa shape index (κ1) is 18.7. The number of anilines is 1. The van der Waals surface area contributed by atoms with Crippen LogP contribution in [0.25, 0.3) is 6.08 Å². The molecule has 0 unspecified atom stereocenters. The van der Waals surface area contributed by atoms with Crippen molar-refractivity contribution in [2.45, 2.75) is 20.8 Å². The van der Waals surface area contributed by atoms with Gasteiger partial charge in [0, 0.05) is 6.08 Å². The van der Waals surface area contributed by atoms with E-state index < -0.39 is 11.9 Å². The average Bonchev–Trinajstić information content (AvgIpc) is 2.54. The molecule has 0 saturated carbocycles. The number of halogens is 1. The van der Waals surface area contributed by atoms with E-state index in [-0.39, 0.29) is 6.61 Å². The van der Waals surface area contributed by atoms with E-state index in [1.54, 1.807) is 12.1 Å². The van der Waals surface area contributed by atoms with Crippen LogP contribution in [0.4, 0.5) is 5.69 Å². The molecule has 5 heteroatoms. The van der Waals surface area contributed by atoms with Crippen molar-refractivity contribution >= 4 is 35.2 Å². The molecule has 0 saturated heterocycles. The van der Waals surface area contributed by atoms with E-state index in [1.807, 2.05) is 51.1 Å². The van der Waals surface area contributed by atoms with Crippen LogP contribution in [0.5, 0.6) is 0 Å². The fourth-order valence-electron chi connectivity index (χ4n) is 2.37. The molecule has 0 atom stereocenters. The summed E-state index contributed by atoms with van der Waals surface area (Å²) in [7, 11) is 0. The molecule has 0 aliphatic carbocycles. The molecule has 0 aromatic heterocycles. The molecule has 0 aliphatic rings. The van der Waals surface area contributed by atoms with Gasteiger partial charge in [-0.15, -0.1) is 0 Å². The summed E-state index contributed by atoms with van der Waals surface area (Å²) in [6.45, 7) is 5.37. The fraction of sp³-hybridized carbons (Fsp3) is 0.200. The Labute approximate surface area is 152 Å². The van der Waals surface area contributed by atoms with Crippen molar-refractivity contribution in [2.75, 3.05) is 11.9 Å². The Morgan fingerprint density at radius 3 is 2.56 bits per heavy atom. The second-order valence-electron chi connectivity index (χ2n) is 5.84. The Morgan fingerprint density at radius 2 is 1.88 bits per heavy atom. The molecule has 4 nitrogen and oxygen atoms in total. The largest absolute Gasteiger partial charge is 0.452 e. The van der Waals surface area contributed by atoms with E-state index in [1.165, 1.54) is 6.08 Å². The predicted molar refractivity (Wildman–Crippen MR) is 101 cm³/mol. The lowest BCUT2D eigenvalue weighted by molar-refractivity contribution is -0.142. The molecule has 1 N–H and O–H groups in total. The number of benzene rings is 2. The smallest absolute Gasteiger partial charge is 0.331 e. The molecule has 2 aromatic carbocycles. The Hall–Kier alpha value is -2.59. The van der Waals surface area contributed by atoms with Gasteiger partial charge >= 0.3 is 5.97 Å². The molecule has 2 rings (SSSR count). The Balaban J connectivity index is 1.88. The van der Waals surface area contributed by atoms with Crippen LogP contribution < -0.4 is 5.32 Å². The van der Waals surface area contributed by atoms with Gasteiger partial charge in [-0.1, -0.05) is 47.5 Å². The maximum atomic E-state index is 12.0. The number of carbonyl (C=O) groups excluding carboxylic acids is 2. The number of ether oxygens (including phenoxy) is 1. The van der Waals surface area contributed by atoms with Crippen LogP contribution >= 0.6 is 11.6 Å². The van der Waals surface area contributed by atoms with Gasteiger partial charge in [-0.3, -0.25) is 4.79 Å². The summed E-state index contributed by atoms with van der Waals surface area (Å²) in [5.41, 5.74) is 4.38. The molecule has 130 valence electrons. The molecule has 25 heavy (non-hydrogen) atoms. The molecule has 0 radical (unpaired) electrons. The van der Waals surface area contributed by atoms with Gasteiger partial charge in [-0.25, -0.2) is 4.79 Å². The van der Waals surface area contributed by atoms with Crippen LogP contribution in [-0.2, 0) is 14.3 Å². The Bertz CT molecular complexity index is 804. The van der Waals surface area contributed by atoms with Crippen molar-refractivity contribution < 1.29 is 14.3 Å². The van der Waals surface area contributed by atoms with Crippen molar-refractivity contribution in [3.8, 4) is 0 Å². The molecular weight excluding hydrogens is 338 g/mol. The highest BCUT2D eigenvalue weighted by Gasteiger charge is 2.11. The van der Waals surface area contributed by atoms with Crippen LogP contribution in [0.15, 0.2) is 42.5 Å². The first-order chi connectivity index (χ1) is 11.8. The topological polar surface area (TPSA) is 55.4 Å². The third-order valence-electron chi connectivity index (χ3n) is 3.50. The van der Waals surface area contributed by atoms with Gasteiger partial charge < -0.3 is 10.1 Å². The monoisotopic (exact) mass is 357 g/mol. The van der Waals surface area contributed by atoms with E-state index in [9.17, 15) is 9.59 Å². The standard InChI is InChI=1S/C20H20ClNO3/c1-13-5-4-6-16(10-13)7-8-19(24)25-12-18(23)22-20-15(3)9-14(2)11-17(20)21/h4-11H,12H2,1-3H3,(H,22,23)/b8-7+. The summed E-state index contributed by atoms with van der Waals surface area (Å²) in [5.74, 6) is -1.02. The van der Waals surface area contributed by atoms with Gasteiger partial charge in [0.15, 0.2) is 6.61 Å². The van der Waals surface area contributed by atoms with Gasteiger partial charge in [0.1, 0.15) is 0 Å². The van der Waals surface area contributed by atoms with E-state index in [0.717, 1.165) is 22.3 Å². The molecule has 1 amide bonds. The number of amides is 1. The Morgan fingerprint density at radius 1 is 1.12 bits per heavy atom. The summed E-state index contributed by atoms with van der Waals surface area (Å²) in [4.78, 5) is 23.7. The minimum Gasteiger partial charge on any atom is -0.452 e. The predicted octanol–water partition coefficient (Wildman–Crippen LogP) is 4.46. The van der Waals surface area contributed by atoms with E-state index >= 15 is 0 Å². The van der Waals surface area contributed by atoms with Crippen LogP contribution in [0.3, 0.4) is 0 Å². The SMILES string of the molecule is Cc1cccc(/C=C/C(=O)OCC(=O)Nc2c(C)cc(C)cc2Cl)c1. The second kappa shape index (κ2) is 8.49. The summed E-state index contributed by atoms with van der Waals surface area (Å²) in [6, 6.07) is 11.4. The van der Waals surface area contributed by atoms with Crippen LogP contribution in [0.1, 0.15) is 22.3 Å². The lowest BCUT2D eigenvalue weighted by atomic mass is 10.1. The van der Waals surface area contributed by atoms with Gasteiger partial charge in [0.05, 0.1) is 10.7 Å². The molecule has 0 fully saturated rings. The number of rotatable bonds is 5. The number of hydrogen-bond donors (Lipinski definition) is 1. The van der Waals surface area contributed by atoms with Crippen LogP contribution in [0.2, 0.25) is 5.02 Å². The minimum absolute atomic E-state index is 0.374. The number of nitrogens with one attached hydrogen (secondary N) is 1. The van der Waals surface area contributed by atoms with Gasteiger partial charge in [0.25, 0.3) is 5.91 Å². The number of aryl methyl sites for hydroxylation is 3. The quantitative estimate of drug-likeness (QED) is 0.635. The molecule has 0 heterocycles. The molecular formula is C20H20ClNO3. The second-order valence-corrected chi connectivity index (χ2v) is 6.25. The maximum Gasteiger partial charge on any atom is 0.331 e. The number of esters is 1. The van der Waals surface area contributed by atoms with E-state index in [0.29, 0.717) is 10.7 Å². The fourth-order valence-corrected chi connectivity index (χ4v) is 2.74. The zero-order valence-corrected chi connectivity index (χ0v) is 15.2. The zero-order chi connectivity index (χ0) is 18.4. The maximum absolute atomic E-state index is 12.0. The highest BCUT2D eigenvalue weighted by atomic mass is 35.5. The summed E-state index contributed by atoms with van der Waals surface area (Å²) < 4.78 is 4.95. The van der Waals surface area contributed by atoms with Crippen molar-refractivity contribution in [1.82, 2.24) is 0 Å². The summed E-state index contributed by atoms with van der Waals surface area (Å²) >= 11 is 6.14. The third kappa shape index (κ3) is 5.76. The number of hydrogen-bond acceptors (Lipinski definition) is 3. The molecule has 2 aromatic rings. The minimum atomic E-state index is -0.580. The molecule has 0 bridgehead atoms. The average molecular weight is 358 g/mol. The molecule has 0 aliphatic heterocycles. The Kier molecular flexibility index (Phi) is 6.37. The first-order valence-corrected chi connectivity index (χ1v) is 8.21. The first-order valence-electron chi connectivity index (χ1n) is 7.83. The van der Waals surface area contributed by atoms with Crippen molar-refractivity contribution in [1.29, 1.82) is 0 Å². The van der Waals surface area contributed by atoms with Crippen LogP contribution in [-0.4, -0.2) is 18.5 Å². The summed E-state index contributed by atoms with van der Waals surface area (Å²) in [6.07, 6.45) is 2.94.